The number of aliphatic hydroxyl groups excluding tert-OH is 4. The number of fused-ring (bicyclic) bond motifs is 4. The lowest BCUT2D eigenvalue weighted by atomic mass is 9.56. The van der Waals surface area contributed by atoms with E-state index in [4.69, 9.17) is 20.0 Å². The number of hydrogen-bond donors (Lipinski definition) is 4. The zero-order valence-corrected chi connectivity index (χ0v) is 35.1. The van der Waals surface area contributed by atoms with Crippen LogP contribution in [0.3, 0.4) is 0 Å². The molecule has 18 atom stereocenters. The van der Waals surface area contributed by atoms with Gasteiger partial charge in [0.2, 0.25) is 0 Å². The molecule has 0 aromatic carbocycles. The fourth-order valence-corrected chi connectivity index (χ4v) is 17.9. The second-order valence-electron chi connectivity index (χ2n) is 18.3. The van der Waals surface area contributed by atoms with Crippen LogP contribution in [0, 0.1) is 40.9 Å². The predicted octanol–water partition coefficient (Wildman–Crippen LogP) is 7.56. The molecule has 0 radical (unpaired) electrons. The second-order valence-corrected chi connectivity index (χ2v) is 23.5. The highest BCUT2D eigenvalue weighted by atomic mass is 32.2. The van der Waals surface area contributed by atoms with E-state index < -0.39 is 77.9 Å². The third-order valence-corrected chi connectivity index (χ3v) is 20.7. The van der Waals surface area contributed by atoms with Crippen LogP contribution in [0.15, 0.2) is 20.0 Å². The van der Waals surface area contributed by atoms with Crippen LogP contribution in [0.4, 0.5) is 26.3 Å². The van der Waals surface area contributed by atoms with Gasteiger partial charge in [0.05, 0.1) is 68.8 Å². The lowest BCUT2D eigenvalue weighted by Crippen LogP contribution is -2.62. The topological polar surface area (TPSA) is 130 Å². The van der Waals surface area contributed by atoms with Crippen molar-refractivity contribution in [1.82, 2.24) is 0 Å². The van der Waals surface area contributed by atoms with Gasteiger partial charge in [-0.2, -0.15) is 26.3 Å². The Hall–Kier alpha value is -0.500. The van der Waals surface area contributed by atoms with E-state index in [9.17, 15) is 20.4 Å². The molecular weight excluding hydrogens is 831 g/mol. The van der Waals surface area contributed by atoms with Gasteiger partial charge in [-0.25, -0.2) is 0 Å². The van der Waals surface area contributed by atoms with E-state index in [2.05, 4.69) is 0 Å². The summed E-state index contributed by atoms with van der Waals surface area (Å²) in [6, 6.07) is -1.03. The van der Waals surface area contributed by atoms with Gasteiger partial charge in [-0.05, 0) is 102 Å². The number of alkyl halides is 6. The first-order valence-corrected chi connectivity index (χ1v) is 24.2. The van der Waals surface area contributed by atoms with Crippen LogP contribution in [0.25, 0.3) is 0 Å². The molecule has 5 aliphatic carbocycles. The summed E-state index contributed by atoms with van der Waals surface area (Å²) in [5.74, 6) is -4.91. The minimum atomic E-state index is -5.56. The molecule has 18 heteroatoms. The van der Waals surface area contributed by atoms with E-state index in [-0.39, 0.29) is 97.5 Å². The Bertz CT molecular complexity index is 1690. The average Bonchev–Trinajstić information content (AvgIpc) is 3.92. The van der Waals surface area contributed by atoms with Crippen molar-refractivity contribution in [1.29, 1.82) is 0 Å². The van der Waals surface area contributed by atoms with Gasteiger partial charge in [0, 0.05) is 38.8 Å². The maximum absolute atomic E-state index is 15.5. The molecule has 318 valence electrons. The lowest BCUT2D eigenvalue weighted by molar-refractivity contribution is -0.381. The van der Waals surface area contributed by atoms with Gasteiger partial charge in [0.25, 0.3) is 0 Å². The first-order chi connectivity index (χ1) is 26.9. The number of halogens is 6. The van der Waals surface area contributed by atoms with Crippen LogP contribution < -0.4 is 0 Å². The van der Waals surface area contributed by atoms with Crippen LogP contribution in [0.2, 0.25) is 0 Å². The zero-order chi connectivity index (χ0) is 40.3. The number of hydrogen-bond acceptors (Lipinski definition) is 12. The highest BCUT2D eigenvalue weighted by molar-refractivity contribution is 8.15. The third kappa shape index (κ3) is 7.30. The van der Waals surface area contributed by atoms with Crippen molar-refractivity contribution in [3.05, 3.63) is 0 Å². The van der Waals surface area contributed by atoms with E-state index in [0.717, 1.165) is 22.9 Å². The summed E-state index contributed by atoms with van der Waals surface area (Å²) in [4.78, 5) is 19.3. The molecule has 9 rings (SSSR count). The quantitative estimate of drug-likeness (QED) is 0.209. The molecular formula is C39H52F6N4O4S4. The van der Waals surface area contributed by atoms with Crippen LogP contribution in [0.1, 0.15) is 90.9 Å². The van der Waals surface area contributed by atoms with Crippen LogP contribution in [0.5, 0.6) is 0 Å². The summed E-state index contributed by atoms with van der Waals surface area (Å²) in [5.41, 5.74) is -3.93. The molecule has 0 amide bonds. The smallest absolute Gasteiger partial charge is 0.393 e. The molecule has 57 heavy (non-hydrogen) atoms. The van der Waals surface area contributed by atoms with Gasteiger partial charge in [-0.3, -0.25) is 20.0 Å². The van der Waals surface area contributed by atoms with Crippen LogP contribution in [-0.2, 0) is 0 Å². The third-order valence-electron chi connectivity index (χ3n) is 15.0. The Kier molecular flexibility index (Phi) is 11.3. The molecule has 18 unspecified atom stereocenters. The molecule has 0 aromatic rings. The molecule has 0 spiro atoms. The maximum atomic E-state index is 15.5. The summed E-state index contributed by atoms with van der Waals surface area (Å²) in [6.07, 6.45) is -12.1. The molecule has 5 saturated carbocycles. The summed E-state index contributed by atoms with van der Waals surface area (Å²) >= 11 is 6.23. The number of rotatable bonds is 5. The predicted molar refractivity (Wildman–Crippen MR) is 217 cm³/mol. The SMILES string of the molecule is CC1=NC2CC3SC(C4CC(O)C(C5=NC6CC(C(C7CCC8SC(C9CC(O)C(C)CC9O)=NC8C7)(C(F)(F)F)C(F)(F)F)CCC6S5)CC4O)=NC3CC2S1. The summed E-state index contributed by atoms with van der Waals surface area (Å²) in [5, 5.41) is 47.4. The largest absolute Gasteiger partial charge is 0.403 e. The van der Waals surface area contributed by atoms with Gasteiger partial charge in [0.1, 0.15) is 0 Å². The highest BCUT2D eigenvalue weighted by Crippen LogP contribution is 2.66. The molecule has 0 bridgehead atoms. The first-order valence-electron chi connectivity index (χ1n) is 20.7. The van der Waals surface area contributed by atoms with E-state index in [1.54, 1.807) is 11.8 Å². The Morgan fingerprint density at radius 2 is 0.860 bits per heavy atom. The Morgan fingerprint density at radius 3 is 1.33 bits per heavy atom. The fraction of sp³-hybridized carbons (Fsp3) is 0.897. The van der Waals surface area contributed by atoms with Crippen molar-refractivity contribution in [2.75, 3.05) is 0 Å². The van der Waals surface area contributed by atoms with Crippen LogP contribution in [-0.4, -0.2) is 123 Å². The molecule has 4 heterocycles. The van der Waals surface area contributed by atoms with Crippen LogP contribution >= 0.6 is 47.0 Å². The molecule has 0 saturated heterocycles. The summed E-state index contributed by atoms with van der Waals surface area (Å²) in [6.45, 7) is 3.88. The molecule has 0 aromatic heterocycles. The number of aliphatic hydroxyl groups is 4. The molecule has 4 aliphatic heterocycles. The van der Waals surface area contributed by atoms with Crippen molar-refractivity contribution >= 4 is 67.2 Å². The molecule has 5 fully saturated rings. The summed E-state index contributed by atoms with van der Waals surface area (Å²) in [7, 11) is 0. The van der Waals surface area contributed by atoms with Crippen molar-refractivity contribution in [3.8, 4) is 0 Å². The highest BCUT2D eigenvalue weighted by Gasteiger charge is 2.77. The number of nitrogens with zero attached hydrogens (tertiary/aromatic N) is 4. The normalized spacial score (nSPS) is 47.6. The van der Waals surface area contributed by atoms with E-state index in [1.165, 1.54) is 23.5 Å². The monoisotopic (exact) mass is 882 g/mol. The van der Waals surface area contributed by atoms with Gasteiger partial charge in [-0.15, -0.1) is 47.0 Å². The minimum Gasteiger partial charge on any atom is -0.393 e. The fourth-order valence-electron chi connectivity index (χ4n) is 12.0. The zero-order valence-electron chi connectivity index (χ0n) is 31.9. The van der Waals surface area contributed by atoms with Gasteiger partial charge in [-0.1, -0.05) is 6.92 Å². The van der Waals surface area contributed by atoms with Crippen molar-refractivity contribution < 1.29 is 46.8 Å². The Morgan fingerprint density at radius 1 is 0.474 bits per heavy atom. The number of thioether (sulfide) groups is 4. The van der Waals surface area contributed by atoms with Gasteiger partial charge < -0.3 is 20.4 Å². The van der Waals surface area contributed by atoms with Crippen molar-refractivity contribution in [3.63, 3.8) is 0 Å². The second kappa shape index (κ2) is 15.4. The average molecular weight is 883 g/mol. The first kappa shape index (κ1) is 41.8. The molecule has 9 aliphatic rings. The van der Waals surface area contributed by atoms with Crippen molar-refractivity contribution in [2.24, 2.45) is 60.9 Å². The van der Waals surface area contributed by atoms with Gasteiger partial charge in [0.15, 0.2) is 5.41 Å². The summed E-state index contributed by atoms with van der Waals surface area (Å²) < 4.78 is 92.9. The van der Waals surface area contributed by atoms with E-state index in [1.807, 2.05) is 25.6 Å². The number of aliphatic imine (C=N–C) groups is 4. The minimum absolute atomic E-state index is 0.115. The standard InChI is InChI=1S/C39H52F6N4O4S4/c1-15-7-27(51)19(10-26(15)50)34-47-22-8-17(3-5-30(22)55-34)37(38(40,41)42,39(43,44)45)18-4-6-31-23(9-18)48-35(56-31)20-11-29(53)21(12-28(20)52)36-49-25-14-32-24(13-33(25)57-36)46-16(2)54-32/h15,17-33,50-53H,3-14H2,1-2H3. The van der Waals surface area contributed by atoms with Crippen molar-refractivity contribution in [2.45, 2.75) is 173 Å². The Labute approximate surface area is 346 Å². The van der Waals surface area contributed by atoms with Gasteiger partial charge >= 0.3 is 12.4 Å². The lowest BCUT2D eigenvalue weighted by Gasteiger charge is -2.52. The van der Waals surface area contributed by atoms with E-state index >= 15 is 26.3 Å². The Balaban J connectivity index is 0.898. The maximum Gasteiger partial charge on any atom is 0.403 e. The molecule has 8 nitrogen and oxygen atoms in total. The molecule has 4 N–H and O–H groups in total. The van der Waals surface area contributed by atoms with E-state index in [0.29, 0.717) is 21.8 Å².